The van der Waals surface area contributed by atoms with Gasteiger partial charge in [-0.2, -0.15) is 9.29 Å². The van der Waals surface area contributed by atoms with E-state index in [1.165, 1.54) is 16.7 Å². The van der Waals surface area contributed by atoms with E-state index in [9.17, 15) is 8.42 Å². The smallest absolute Gasteiger partial charge is 0.278 e. The molecule has 0 amide bonds. The average molecular weight is 376 g/mol. The first-order valence-corrected chi connectivity index (χ1v) is 9.44. The molecule has 1 saturated heterocycles. The van der Waals surface area contributed by atoms with Gasteiger partial charge in [-0.15, -0.1) is 0 Å². The Morgan fingerprint density at radius 3 is 2.73 bits per heavy atom. The van der Waals surface area contributed by atoms with Crippen LogP contribution in [0.2, 0.25) is 0 Å². The second kappa shape index (κ2) is 6.25. The fourth-order valence-electron chi connectivity index (χ4n) is 3.04. The van der Waals surface area contributed by atoms with Crippen molar-refractivity contribution in [2.45, 2.75) is 31.1 Å². The van der Waals surface area contributed by atoms with Crippen molar-refractivity contribution in [3.8, 4) is 11.6 Å². The average Bonchev–Trinajstić information content (AvgIpc) is 3.35. The molecule has 136 valence electrons. The van der Waals surface area contributed by atoms with Crippen molar-refractivity contribution in [1.82, 2.24) is 29.6 Å². The molecule has 0 N–H and O–H groups in total. The zero-order chi connectivity index (χ0) is 18.3. The summed E-state index contributed by atoms with van der Waals surface area (Å²) in [6.45, 7) is 3.84. The lowest BCUT2D eigenvalue weighted by Crippen LogP contribution is -2.29. The summed E-state index contributed by atoms with van der Waals surface area (Å²) in [6, 6.07) is 0. The van der Waals surface area contributed by atoms with E-state index in [1.807, 2.05) is 0 Å². The van der Waals surface area contributed by atoms with Crippen LogP contribution in [-0.2, 0) is 10.0 Å². The minimum Gasteiger partial charge on any atom is -0.360 e. The quantitative estimate of drug-likeness (QED) is 0.661. The molecule has 1 aliphatic heterocycles. The van der Waals surface area contributed by atoms with Crippen LogP contribution in [0.1, 0.15) is 29.6 Å². The zero-order valence-electron chi connectivity index (χ0n) is 14.2. The number of nitrogens with zero attached hydrogens (tertiary/aromatic N) is 6. The fraction of sp³-hybridized carbons (Fsp3) is 0.400. The highest BCUT2D eigenvalue weighted by Crippen LogP contribution is 2.32. The standard InChI is InChI=1S/C15H16N6O4S/c1-9-13(10(2)24-19-9)26(22,23)21-6-3-11(8-21)14-18-15(25-20-14)12-7-16-4-5-17-12/h4-5,7,11H,3,6,8H2,1-2H3. The largest absolute Gasteiger partial charge is 0.360 e. The third-order valence-corrected chi connectivity index (χ3v) is 6.42. The van der Waals surface area contributed by atoms with Gasteiger partial charge in [0, 0.05) is 31.4 Å². The summed E-state index contributed by atoms with van der Waals surface area (Å²) in [5.41, 5.74) is 0.833. The maximum Gasteiger partial charge on any atom is 0.278 e. The molecule has 3 aromatic heterocycles. The first kappa shape index (κ1) is 16.8. The molecule has 0 aliphatic carbocycles. The molecule has 4 heterocycles. The number of hydrogen-bond donors (Lipinski definition) is 0. The van der Waals surface area contributed by atoms with Crippen LogP contribution in [0.15, 0.2) is 32.5 Å². The van der Waals surface area contributed by atoms with E-state index in [1.54, 1.807) is 20.0 Å². The highest BCUT2D eigenvalue weighted by molar-refractivity contribution is 7.89. The maximum absolute atomic E-state index is 12.9. The Balaban J connectivity index is 1.55. The SMILES string of the molecule is Cc1noc(C)c1S(=O)(=O)N1CCC(c2noc(-c3cnccn3)n2)C1. The summed E-state index contributed by atoms with van der Waals surface area (Å²) < 4.78 is 37.4. The number of rotatable bonds is 4. The Morgan fingerprint density at radius 1 is 1.19 bits per heavy atom. The van der Waals surface area contributed by atoms with E-state index in [2.05, 4.69) is 25.3 Å². The number of sulfonamides is 1. The van der Waals surface area contributed by atoms with E-state index in [-0.39, 0.29) is 29.0 Å². The van der Waals surface area contributed by atoms with Gasteiger partial charge >= 0.3 is 0 Å². The van der Waals surface area contributed by atoms with Gasteiger partial charge in [0.05, 0.1) is 6.20 Å². The van der Waals surface area contributed by atoms with E-state index in [4.69, 9.17) is 9.05 Å². The predicted molar refractivity (Wildman–Crippen MR) is 87.4 cm³/mol. The molecule has 4 rings (SSSR count). The third kappa shape index (κ3) is 2.78. The van der Waals surface area contributed by atoms with Gasteiger partial charge in [-0.25, -0.2) is 13.4 Å². The molecular weight excluding hydrogens is 360 g/mol. The van der Waals surface area contributed by atoms with E-state index >= 15 is 0 Å². The van der Waals surface area contributed by atoms with Gasteiger partial charge < -0.3 is 9.05 Å². The summed E-state index contributed by atoms with van der Waals surface area (Å²) in [7, 11) is -3.67. The Hall–Kier alpha value is -2.66. The first-order valence-electron chi connectivity index (χ1n) is 8.00. The number of hydrogen-bond acceptors (Lipinski definition) is 9. The molecule has 26 heavy (non-hydrogen) atoms. The van der Waals surface area contributed by atoms with Crippen LogP contribution >= 0.6 is 0 Å². The van der Waals surface area contributed by atoms with Crippen molar-refractivity contribution in [3.63, 3.8) is 0 Å². The van der Waals surface area contributed by atoms with Gasteiger partial charge in [-0.3, -0.25) is 4.98 Å². The summed E-state index contributed by atoms with van der Waals surface area (Å²) in [4.78, 5) is 12.6. The molecule has 1 unspecified atom stereocenters. The minimum absolute atomic E-state index is 0.131. The molecule has 11 heteroatoms. The molecule has 0 saturated carbocycles. The van der Waals surface area contributed by atoms with Crippen LogP contribution in [0.25, 0.3) is 11.6 Å². The van der Waals surface area contributed by atoms with Gasteiger partial charge in [0.15, 0.2) is 11.6 Å². The molecule has 0 aromatic carbocycles. The summed E-state index contributed by atoms with van der Waals surface area (Å²) in [5, 5.41) is 7.72. The monoisotopic (exact) mass is 376 g/mol. The van der Waals surface area contributed by atoms with Crippen LogP contribution in [0.5, 0.6) is 0 Å². The van der Waals surface area contributed by atoms with Gasteiger partial charge in [-0.05, 0) is 20.3 Å². The summed E-state index contributed by atoms with van der Waals surface area (Å²) in [5.74, 6) is 0.858. The van der Waals surface area contributed by atoms with Crippen molar-refractivity contribution in [2.75, 3.05) is 13.1 Å². The van der Waals surface area contributed by atoms with E-state index in [0.717, 1.165) is 0 Å². The molecule has 1 atom stereocenters. The number of aryl methyl sites for hydroxylation is 2. The van der Waals surface area contributed by atoms with Crippen LogP contribution in [0.3, 0.4) is 0 Å². The summed E-state index contributed by atoms with van der Waals surface area (Å²) >= 11 is 0. The van der Waals surface area contributed by atoms with Crippen LogP contribution < -0.4 is 0 Å². The van der Waals surface area contributed by atoms with Crippen molar-refractivity contribution in [3.05, 3.63) is 35.9 Å². The lowest BCUT2D eigenvalue weighted by atomic mass is 10.1. The summed E-state index contributed by atoms with van der Waals surface area (Å²) in [6.07, 6.45) is 5.21. The van der Waals surface area contributed by atoms with Crippen LogP contribution in [0.4, 0.5) is 0 Å². The van der Waals surface area contributed by atoms with E-state index < -0.39 is 10.0 Å². The minimum atomic E-state index is -3.67. The van der Waals surface area contributed by atoms with Gasteiger partial charge in [0.1, 0.15) is 16.3 Å². The highest BCUT2D eigenvalue weighted by atomic mass is 32.2. The zero-order valence-corrected chi connectivity index (χ0v) is 15.0. The second-order valence-corrected chi connectivity index (χ2v) is 7.93. The van der Waals surface area contributed by atoms with Gasteiger partial charge in [0.2, 0.25) is 10.0 Å². The molecule has 1 fully saturated rings. The van der Waals surface area contributed by atoms with Crippen molar-refractivity contribution in [2.24, 2.45) is 0 Å². The van der Waals surface area contributed by atoms with Crippen molar-refractivity contribution in [1.29, 1.82) is 0 Å². The lowest BCUT2D eigenvalue weighted by Gasteiger charge is -2.15. The van der Waals surface area contributed by atoms with Crippen LogP contribution in [-0.4, -0.2) is 51.1 Å². The molecule has 0 radical (unpaired) electrons. The fourth-order valence-corrected chi connectivity index (χ4v) is 4.83. The van der Waals surface area contributed by atoms with E-state index in [0.29, 0.717) is 30.2 Å². The van der Waals surface area contributed by atoms with Crippen LogP contribution in [0, 0.1) is 13.8 Å². The lowest BCUT2D eigenvalue weighted by molar-refractivity contribution is 0.389. The second-order valence-electron chi connectivity index (χ2n) is 6.05. The number of aromatic nitrogens is 5. The molecule has 10 nitrogen and oxygen atoms in total. The van der Waals surface area contributed by atoms with Crippen molar-refractivity contribution < 1.29 is 17.5 Å². The Kier molecular flexibility index (Phi) is 4.04. The van der Waals surface area contributed by atoms with Gasteiger partial charge in [0.25, 0.3) is 5.89 Å². The topological polar surface area (TPSA) is 128 Å². The highest BCUT2D eigenvalue weighted by Gasteiger charge is 2.38. The Morgan fingerprint density at radius 2 is 2.04 bits per heavy atom. The van der Waals surface area contributed by atoms with Gasteiger partial charge in [-0.1, -0.05) is 10.3 Å². The molecule has 0 bridgehead atoms. The predicted octanol–water partition coefficient (Wildman–Crippen LogP) is 1.31. The third-order valence-electron chi connectivity index (χ3n) is 4.31. The molecule has 3 aromatic rings. The molecule has 0 spiro atoms. The Labute approximate surface area is 149 Å². The van der Waals surface area contributed by atoms with Crippen molar-refractivity contribution >= 4 is 10.0 Å². The normalized spacial score (nSPS) is 18.5. The Bertz CT molecular complexity index is 1010. The first-order chi connectivity index (χ1) is 12.5. The maximum atomic E-state index is 12.9. The molecular formula is C15H16N6O4S. The molecule has 1 aliphatic rings.